The van der Waals surface area contributed by atoms with Crippen LogP contribution in [0.25, 0.3) is 0 Å². The predicted octanol–water partition coefficient (Wildman–Crippen LogP) is 4.11. The van der Waals surface area contributed by atoms with Gasteiger partial charge in [-0.05, 0) is 52.7 Å². The van der Waals surface area contributed by atoms with Crippen LogP contribution in [0.15, 0.2) is 46.0 Å². The first-order chi connectivity index (χ1) is 11.9. The van der Waals surface area contributed by atoms with Gasteiger partial charge in [0.1, 0.15) is 11.4 Å². The van der Waals surface area contributed by atoms with Gasteiger partial charge in [0.2, 0.25) is 0 Å². The molecule has 0 unspecified atom stereocenters. The summed E-state index contributed by atoms with van der Waals surface area (Å²) < 4.78 is 6.15. The second kappa shape index (κ2) is 8.20. The summed E-state index contributed by atoms with van der Waals surface area (Å²) in [6, 6.07) is 8.60. The van der Waals surface area contributed by atoms with Gasteiger partial charge in [0.25, 0.3) is 5.69 Å². The minimum absolute atomic E-state index is 0.0526. The Kier molecular flexibility index (Phi) is 6.01. The van der Waals surface area contributed by atoms with Crippen molar-refractivity contribution in [2.45, 2.75) is 6.92 Å². The highest BCUT2D eigenvalue weighted by Crippen LogP contribution is 2.29. The number of hydrogen-bond acceptors (Lipinski definition) is 7. The number of ether oxygens (including phenoxy) is 1. The molecule has 0 aliphatic carbocycles. The Balaban J connectivity index is 2.18. The zero-order valence-corrected chi connectivity index (χ0v) is 14.6. The first-order valence-corrected chi connectivity index (χ1v) is 7.86. The highest BCUT2D eigenvalue weighted by molar-refractivity contribution is 9.10. The first-order valence-electron chi connectivity index (χ1n) is 7.06. The van der Waals surface area contributed by atoms with E-state index in [2.05, 4.69) is 26.5 Å². The predicted molar refractivity (Wildman–Crippen MR) is 96.3 cm³/mol. The van der Waals surface area contributed by atoms with Gasteiger partial charge in [-0.1, -0.05) is 0 Å². The zero-order chi connectivity index (χ0) is 18.4. The van der Waals surface area contributed by atoms with Crippen LogP contribution in [0.1, 0.15) is 12.5 Å². The van der Waals surface area contributed by atoms with Crippen LogP contribution in [0.4, 0.5) is 17.1 Å². The number of benzene rings is 2. The second-order valence-electron chi connectivity index (χ2n) is 4.71. The monoisotopic (exact) mass is 408 g/mol. The maximum absolute atomic E-state index is 11.0. The number of halogens is 1. The van der Waals surface area contributed by atoms with Crippen molar-refractivity contribution in [2.24, 2.45) is 5.10 Å². The second-order valence-corrected chi connectivity index (χ2v) is 5.56. The summed E-state index contributed by atoms with van der Waals surface area (Å²) in [5.74, 6) is 0.693. The highest BCUT2D eigenvalue weighted by atomic mass is 79.9. The van der Waals surface area contributed by atoms with Gasteiger partial charge in [-0.25, -0.2) is 0 Å². The van der Waals surface area contributed by atoms with E-state index in [1.807, 2.05) is 6.92 Å². The molecule has 0 amide bonds. The molecule has 0 fully saturated rings. The Morgan fingerprint density at radius 2 is 1.96 bits per heavy atom. The third-order valence-electron chi connectivity index (χ3n) is 3.04. The van der Waals surface area contributed by atoms with E-state index in [1.54, 1.807) is 18.2 Å². The van der Waals surface area contributed by atoms with Crippen molar-refractivity contribution in [1.82, 2.24) is 0 Å². The number of non-ortho nitro benzene ring substituents is 1. The minimum atomic E-state index is -0.710. The lowest BCUT2D eigenvalue weighted by atomic mass is 10.2. The SMILES string of the molecule is CCOc1ccc(/C=N\Nc2ccc([N+](=O)[O-])cc2[N+](=O)[O-])cc1Br. The normalized spacial score (nSPS) is 10.6. The zero-order valence-electron chi connectivity index (χ0n) is 13.0. The van der Waals surface area contributed by atoms with Crippen molar-refractivity contribution >= 4 is 39.2 Å². The quantitative estimate of drug-likeness (QED) is 0.418. The third kappa shape index (κ3) is 4.73. The lowest BCUT2D eigenvalue weighted by molar-refractivity contribution is -0.393. The molecule has 0 aliphatic rings. The number of rotatable bonds is 7. The van der Waals surface area contributed by atoms with Crippen LogP contribution in [0.5, 0.6) is 5.75 Å². The molecule has 10 heteroatoms. The Labute approximate surface area is 150 Å². The molecule has 0 aromatic heterocycles. The van der Waals surface area contributed by atoms with Crippen molar-refractivity contribution in [1.29, 1.82) is 0 Å². The van der Waals surface area contributed by atoms with E-state index in [-0.39, 0.29) is 11.4 Å². The van der Waals surface area contributed by atoms with Crippen molar-refractivity contribution in [3.8, 4) is 5.75 Å². The van der Waals surface area contributed by atoms with Gasteiger partial charge in [-0.3, -0.25) is 25.7 Å². The Morgan fingerprint density at radius 1 is 1.20 bits per heavy atom. The van der Waals surface area contributed by atoms with Crippen LogP contribution in [0.2, 0.25) is 0 Å². The number of nitro benzene ring substituents is 2. The number of hydrazone groups is 1. The molecule has 0 radical (unpaired) electrons. The molecule has 0 saturated heterocycles. The van der Waals surface area contributed by atoms with E-state index in [0.29, 0.717) is 12.4 Å². The molecule has 1 N–H and O–H groups in total. The molecule has 0 heterocycles. The van der Waals surface area contributed by atoms with Gasteiger partial charge >= 0.3 is 5.69 Å². The fraction of sp³-hybridized carbons (Fsp3) is 0.133. The van der Waals surface area contributed by atoms with Crippen molar-refractivity contribution in [2.75, 3.05) is 12.0 Å². The highest BCUT2D eigenvalue weighted by Gasteiger charge is 2.19. The molecule has 0 aliphatic heterocycles. The summed E-state index contributed by atoms with van der Waals surface area (Å²) in [5, 5.41) is 25.7. The Hall–Kier alpha value is -3.01. The Morgan fingerprint density at radius 3 is 2.56 bits per heavy atom. The summed E-state index contributed by atoms with van der Waals surface area (Å²) >= 11 is 3.38. The molecule has 2 aromatic carbocycles. The van der Waals surface area contributed by atoms with Gasteiger partial charge < -0.3 is 4.74 Å². The molecule has 0 spiro atoms. The van der Waals surface area contributed by atoms with Gasteiger partial charge in [0.05, 0.1) is 33.2 Å². The number of nitrogens with zero attached hydrogens (tertiary/aromatic N) is 3. The maximum atomic E-state index is 11.0. The van der Waals surface area contributed by atoms with E-state index in [9.17, 15) is 20.2 Å². The van der Waals surface area contributed by atoms with E-state index in [0.717, 1.165) is 16.1 Å². The number of nitro groups is 2. The molecule has 2 rings (SSSR count). The van der Waals surface area contributed by atoms with Crippen LogP contribution in [0.3, 0.4) is 0 Å². The molecule has 130 valence electrons. The fourth-order valence-corrected chi connectivity index (χ4v) is 2.44. The van der Waals surface area contributed by atoms with Crippen LogP contribution < -0.4 is 10.2 Å². The van der Waals surface area contributed by atoms with Gasteiger partial charge in [-0.2, -0.15) is 5.10 Å². The van der Waals surface area contributed by atoms with E-state index in [4.69, 9.17) is 4.74 Å². The van der Waals surface area contributed by atoms with Crippen LogP contribution in [-0.2, 0) is 0 Å². The topological polar surface area (TPSA) is 120 Å². The molecule has 9 nitrogen and oxygen atoms in total. The largest absolute Gasteiger partial charge is 0.493 e. The summed E-state index contributed by atoms with van der Waals surface area (Å²) in [6.45, 7) is 2.42. The summed E-state index contributed by atoms with van der Waals surface area (Å²) in [5.41, 5.74) is 2.51. The fourth-order valence-electron chi connectivity index (χ4n) is 1.93. The molecule has 0 atom stereocenters. The van der Waals surface area contributed by atoms with E-state index < -0.39 is 15.5 Å². The van der Waals surface area contributed by atoms with E-state index >= 15 is 0 Å². The first kappa shape index (κ1) is 18.3. The molecule has 0 bridgehead atoms. The molecule has 2 aromatic rings. The number of anilines is 1. The van der Waals surface area contributed by atoms with Crippen LogP contribution >= 0.6 is 15.9 Å². The standard InChI is InChI=1S/C15H13BrN4O5/c1-2-25-15-6-3-10(7-12(15)16)9-17-18-13-5-4-11(19(21)22)8-14(13)20(23)24/h3-9,18H,2H2,1H3/b17-9-. The summed E-state index contributed by atoms with van der Waals surface area (Å²) in [7, 11) is 0. The van der Waals surface area contributed by atoms with Gasteiger partial charge in [0, 0.05) is 6.07 Å². The van der Waals surface area contributed by atoms with Crippen molar-refractivity contribution in [3.63, 3.8) is 0 Å². The molecular formula is C15H13BrN4O5. The third-order valence-corrected chi connectivity index (χ3v) is 3.66. The Bertz CT molecular complexity index is 841. The summed E-state index contributed by atoms with van der Waals surface area (Å²) in [4.78, 5) is 20.3. The van der Waals surface area contributed by atoms with Crippen molar-refractivity contribution < 1.29 is 14.6 Å². The minimum Gasteiger partial charge on any atom is -0.493 e. The van der Waals surface area contributed by atoms with Gasteiger partial charge in [0.15, 0.2) is 0 Å². The van der Waals surface area contributed by atoms with Gasteiger partial charge in [-0.15, -0.1) is 0 Å². The maximum Gasteiger partial charge on any atom is 0.301 e. The molecular weight excluding hydrogens is 396 g/mol. The average molecular weight is 409 g/mol. The van der Waals surface area contributed by atoms with E-state index in [1.165, 1.54) is 18.3 Å². The lowest BCUT2D eigenvalue weighted by Gasteiger charge is -2.06. The van der Waals surface area contributed by atoms with Crippen molar-refractivity contribution in [3.05, 3.63) is 66.7 Å². The summed E-state index contributed by atoms with van der Waals surface area (Å²) in [6.07, 6.45) is 1.46. The smallest absolute Gasteiger partial charge is 0.301 e. The van der Waals surface area contributed by atoms with Crippen LogP contribution in [-0.4, -0.2) is 22.7 Å². The number of nitrogens with one attached hydrogen (secondary N) is 1. The van der Waals surface area contributed by atoms with Crippen LogP contribution in [0, 0.1) is 20.2 Å². The lowest BCUT2D eigenvalue weighted by Crippen LogP contribution is -1.99. The average Bonchev–Trinajstić information content (AvgIpc) is 2.57. The number of hydrogen-bond donors (Lipinski definition) is 1. The molecule has 25 heavy (non-hydrogen) atoms. The molecule has 0 saturated carbocycles.